The van der Waals surface area contributed by atoms with E-state index in [4.69, 9.17) is 9.84 Å². The third-order valence-corrected chi connectivity index (χ3v) is 2.90. The first-order valence-corrected chi connectivity index (χ1v) is 5.99. The number of hydrogen-bond acceptors (Lipinski definition) is 5. The number of carboxylic acid groups (broad SMARTS) is 1. The first-order valence-electron chi connectivity index (χ1n) is 5.11. The van der Waals surface area contributed by atoms with Gasteiger partial charge in [-0.1, -0.05) is 0 Å². The van der Waals surface area contributed by atoms with Gasteiger partial charge in [-0.15, -0.1) is 11.3 Å². The highest BCUT2D eigenvalue weighted by atomic mass is 32.1. The van der Waals surface area contributed by atoms with E-state index in [0.29, 0.717) is 0 Å². The number of rotatable bonds is 8. The smallest absolute Gasteiger partial charge is 0.355 e. The van der Waals surface area contributed by atoms with E-state index in [0.717, 1.165) is 37.5 Å². The molecule has 16 heavy (non-hydrogen) atoms. The summed E-state index contributed by atoms with van der Waals surface area (Å²) in [5.74, 6) is -0.962. The highest BCUT2D eigenvalue weighted by Crippen LogP contribution is 2.09. The number of thiazole rings is 1. The minimum absolute atomic E-state index is 0.138. The third-order valence-electron chi connectivity index (χ3n) is 1.99. The van der Waals surface area contributed by atoms with E-state index >= 15 is 0 Å². The summed E-state index contributed by atoms with van der Waals surface area (Å²) < 4.78 is 4.92. The highest BCUT2D eigenvalue weighted by Gasteiger charge is 2.07. The van der Waals surface area contributed by atoms with Gasteiger partial charge in [0.1, 0.15) is 0 Å². The van der Waals surface area contributed by atoms with Crippen molar-refractivity contribution in [2.24, 2.45) is 0 Å². The van der Waals surface area contributed by atoms with Crippen molar-refractivity contribution in [3.63, 3.8) is 0 Å². The van der Waals surface area contributed by atoms with E-state index in [1.54, 1.807) is 12.5 Å². The Morgan fingerprint density at radius 3 is 3.06 bits per heavy atom. The van der Waals surface area contributed by atoms with Gasteiger partial charge in [0.25, 0.3) is 0 Å². The number of nitrogens with one attached hydrogen (secondary N) is 1. The Kier molecular flexibility index (Phi) is 5.99. The Morgan fingerprint density at radius 1 is 1.62 bits per heavy atom. The van der Waals surface area contributed by atoms with Crippen LogP contribution in [0.15, 0.2) is 5.38 Å². The second kappa shape index (κ2) is 7.32. The van der Waals surface area contributed by atoms with Crippen LogP contribution in [0.4, 0.5) is 0 Å². The Bertz CT molecular complexity index is 328. The summed E-state index contributed by atoms with van der Waals surface area (Å²) in [5, 5.41) is 14.4. The van der Waals surface area contributed by atoms with Crippen LogP contribution in [0, 0.1) is 0 Å². The summed E-state index contributed by atoms with van der Waals surface area (Å²) >= 11 is 1.39. The van der Waals surface area contributed by atoms with Gasteiger partial charge in [0.2, 0.25) is 0 Å². The normalized spacial score (nSPS) is 10.6. The minimum Gasteiger partial charge on any atom is -0.476 e. The maximum Gasteiger partial charge on any atom is 0.355 e. The maximum atomic E-state index is 10.6. The predicted molar refractivity (Wildman–Crippen MR) is 62.1 cm³/mol. The molecule has 2 N–H and O–H groups in total. The average molecular weight is 244 g/mol. The highest BCUT2D eigenvalue weighted by molar-refractivity contribution is 7.09. The van der Waals surface area contributed by atoms with Gasteiger partial charge < -0.3 is 15.2 Å². The lowest BCUT2D eigenvalue weighted by Crippen LogP contribution is -2.19. The number of carboxylic acids is 1. The summed E-state index contributed by atoms with van der Waals surface area (Å²) in [7, 11) is 1.68. The summed E-state index contributed by atoms with van der Waals surface area (Å²) in [5.41, 5.74) is 0.138. The Hall–Kier alpha value is -0.980. The number of nitrogens with zero attached hydrogens (tertiary/aromatic N) is 1. The predicted octanol–water partition coefficient (Wildman–Crippen LogP) is 1.01. The minimum atomic E-state index is -0.962. The molecule has 90 valence electrons. The van der Waals surface area contributed by atoms with Gasteiger partial charge in [-0.2, -0.15) is 0 Å². The molecule has 5 nitrogen and oxygen atoms in total. The van der Waals surface area contributed by atoms with E-state index in [1.807, 2.05) is 0 Å². The first kappa shape index (κ1) is 13.1. The summed E-state index contributed by atoms with van der Waals surface area (Å²) in [6.07, 6.45) is 1.75. The zero-order chi connectivity index (χ0) is 11.8. The number of carbonyl (C=O) groups is 1. The van der Waals surface area contributed by atoms with Crippen LogP contribution >= 0.6 is 11.3 Å². The van der Waals surface area contributed by atoms with Gasteiger partial charge >= 0.3 is 5.97 Å². The molecule has 1 rings (SSSR count). The molecule has 0 saturated carbocycles. The van der Waals surface area contributed by atoms with Crippen molar-refractivity contribution in [1.29, 1.82) is 0 Å². The fourth-order valence-electron chi connectivity index (χ4n) is 1.19. The molecule has 0 aliphatic carbocycles. The van der Waals surface area contributed by atoms with Crippen LogP contribution in [-0.4, -0.2) is 42.9 Å². The van der Waals surface area contributed by atoms with Gasteiger partial charge in [-0.25, -0.2) is 9.78 Å². The molecule has 0 fully saturated rings. The van der Waals surface area contributed by atoms with E-state index in [2.05, 4.69) is 10.3 Å². The Labute approximate surface area is 98.5 Å². The van der Waals surface area contributed by atoms with Gasteiger partial charge in [-0.05, 0) is 13.0 Å². The second-order valence-corrected chi connectivity index (χ2v) is 4.22. The molecule has 0 aliphatic heterocycles. The van der Waals surface area contributed by atoms with Gasteiger partial charge in [0.15, 0.2) is 5.69 Å². The molecule has 0 spiro atoms. The fraction of sp³-hybridized carbons (Fsp3) is 0.600. The summed E-state index contributed by atoms with van der Waals surface area (Å²) in [6, 6.07) is 0. The van der Waals surface area contributed by atoms with Gasteiger partial charge in [0, 0.05) is 32.1 Å². The van der Waals surface area contributed by atoms with Crippen LogP contribution in [0.25, 0.3) is 0 Å². The molecule has 6 heteroatoms. The monoisotopic (exact) mass is 244 g/mol. The summed E-state index contributed by atoms with van der Waals surface area (Å²) in [6.45, 7) is 2.48. The van der Waals surface area contributed by atoms with Crippen molar-refractivity contribution in [1.82, 2.24) is 10.3 Å². The lowest BCUT2D eigenvalue weighted by Gasteiger charge is -2.02. The largest absolute Gasteiger partial charge is 0.476 e. The van der Waals surface area contributed by atoms with Crippen LogP contribution in [0.3, 0.4) is 0 Å². The van der Waals surface area contributed by atoms with E-state index in [-0.39, 0.29) is 5.69 Å². The van der Waals surface area contributed by atoms with E-state index in [1.165, 1.54) is 11.3 Å². The van der Waals surface area contributed by atoms with Gasteiger partial charge in [-0.3, -0.25) is 0 Å². The molecule has 1 heterocycles. The van der Waals surface area contributed by atoms with E-state index < -0.39 is 5.97 Å². The molecule has 0 saturated heterocycles. The average Bonchev–Trinajstić information content (AvgIpc) is 2.72. The topological polar surface area (TPSA) is 71.5 Å². The second-order valence-electron chi connectivity index (χ2n) is 3.28. The number of aromatic carboxylic acids is 1. The molecule has 1 aromatic heterocycles. The molecule has 0 aliphatic rings. The Balaban J connectivity index is 2.14. The van der Waals surface area contributed by atoms with Crippen LogP contribution < -0.4 is 5.32 Å². The molecule has 1 aromatic rings. The lowest BCUT2D eigenvalue weighted by atomic mass is 10.4. The van der Waals surface area contributed by atoms with Crippen LogP contribution in [0.1, 0.15) is 21.9 Å². The number of hydrogen-bond donors (Lipinski definition) is 2. The van der Waals surface area contributed by atoms with Crippen molar-refractivity contribution < 1.29 is 14.6 Å². The molecule has 0 radical (unpaired) electrons. The van der Waals surface area contributed by atoms with Gasteiger partial charge in [0.05, 0.1) is 5.01 Å². The molecule has 0 atom stereocenters. The molecule has 0 unspecified atom stereocenters. The van der Waals surface area contributed by atoms with Crippen LogP contribution in [0.5, 0.6) is 0 Å². The van der Waals surface area contributed by atoms with Crippen molar-refractivity contribution in [2.75, 3.05) is 26.8 Å². The molecular formula is C10H16N2O3S. The van der Waals surface area contributed by atoms with Crippen molar-refractivity contribution in [3.05, 3.63) is 16.1 Å². The fourth-order valence-corrected chi connectivity index (χ4v) is 1.96. The standard InChI is InChI=1S/C10H16N2O3S/c1-15-6-2-4-11-5-3-9-12-8(7-16-9)10(13)14/h7,11H,2-6H2,1H3,(H,13,14). The number of methoxy groups -OCH3 is 1. The van der Waals surface area contributed by atoms with Crippen molar-refractivity contribution in [2.45, 2.75) is 12.8 Å². The van der Waals surface area contributed by atoms with Crippen molar-refractivity contribution >= 4 is 17.3 Å². The third kappa shape index (κ3) is 4.69. The summed E-state index contributed by atoms with van der Waals surface area (Å²) in [4.78, 5) is 14.6. The molecule has 0 aromatic carbocycles. The first-order chi connectivity index (χ1) is 7.74. The van der Waals surface area contributed by atoms with Crippen LogP contribution in [-0.2, 0) is 11.2 Å². The molecule has 0 bridgehead atoms. The van der Waals surface area contributed by atoms with E-state index in [9.17, 15) is 4.79 Å². The number of aromatic nitrogens is 1. The Morgan fingerprint density at radius 2 is 2.44 bits per heavy atom. The SMILES string of the molecule is COCCCNCCc1nc(C(=O)O)cs1. The zero-order valence-electron chi connectivity index (χ0n) is 9.23. The maximum absolute atomic E-state index is 10.6. The van der Waals surface area contributed by atoms with Crippen LogP contribution in [0.2, 0.25) is 0 Å². The quantitative estimate of drug-likeness (QED) is 0.668. The number of ether oxygens (including phenoxy) is 1. The molecular weight excluding hydrogens is 228 g/mol. The molecule has 0 amide bonds. The lowest BCUT2D eigenvalue weighted by molar-refractivity contribution is 0.0691. The zero-order valence-corrected chi connectivity index (χ0v) is 10.0. The van der Waals surface area contributed by atoms with Crippen molar-refractivity contribution in [3.8, 4) is 0 Å².